The molecule has 1 fully saturated rings. The Balaban J connectivity index is 2.38. The van der Waals surface area contributed by atoms with Crippen LogP contribution in [0.3, 0.4) is 0 Å². The monoisotopic (exact) mass is 258 g/mol. The lowest BCUT2D eigenvalue weighted by Gasteiger charge is -2.32. The highest BCUT2D eigenvalue weighted by Crippen LogP contribution is 2.13. The van der Waals surface area contributed by atoms with Crippen molar-refractivity contribution in [2.75, 3.05) is 19.7 Å². The maximum Gasteiger partial charge on any atom is 0.326 e. The number of urea groups is 1. The first-order valence-corrected chi connectivity index (χ1v) is 6.48. The van der Waals surface area contributed by atoms with Gasteiger partial charge in [-0.15, -0.1) is 0 Å². The van der Waals surface area contributed by atoms with Crippen LogP contribution in [-0.4, -0.2) is 53.8 Å². The Kier molecular flexibility index (Phi) is 5.91. The van der Waals surface area contributed by atoms with E-state index >= 15 is 0 Å². The number of carboxylic acids is 1. The number of amides is 2. The lowest BCUT2D eigenvalue weighted by atomic mass is 10.1. The Morgan fingerprint density at radius 2 is 2.00 bits per heavy atom. The van der Waals surface area contributed by atoms with Crippen LogP contribution in [0.2, 0.25) is 0 Å². The first kappa shape index (κ1) is 14.8. The van der Waals surface area contributed by atoms with Gasteiger partial charge in [-0.2, -0.15) is 0 Å². The van der Waals surface area contributed by atoms with Gasteiger partial charge in [-0.25, -0.2) is 9.59 Å². The summed E-state index contributed by atoms with van der Waals surface area (Å²) in [6.45, 7) is 5.62. The summed E-state index contributed by atoms with van der Waals surface area (Å²) in [6, 6.07) is -1.10. The fraction of sp³-hybridized carbons (Fsp3) is 0.833. The zero-order valence-electron chi connectivity index (χ0n) is 11.0. The van der Waals surface area contributed by atoms with Gasteiger partial charge in [-0.3, -0.25) is 0 Å². The lowest BCUT2D eigenvalue weighted by Crippen LogP contribution is -2.50. The minimum absolute atomic E-state index is 0.223. The highest BCUT2D eigenvalue weighted by atomic mass is 16.5. The van der Waals surface area contributed by atoms with Crippen LogP contribution in [0, 0.1) is 0 Å². The molecule has 0 unspecified atom stereocenters. The molecule has 104 valence electrons. The molecule has 1 heterocycles. The van der Waals surface area contributed by atoms with Crippen LogP contribution in [0.4, 0.5) is 4.79 Å². The maximum absolute atomic E-state index is 11.8. The average Bonchev–Trinajstić information content (AvgIpc) is 2.36. The normalized spacial score (nSPS) is 18.4. The van der Waals surface area contributed by atoms with Crippen LogP contribution in [-0.2, 0) is 9.53 Å². The third-order valence-corrected chi connectivity index (χ3v) is 3.14. The molecular weight excluding hydrogens is 236 g/mol. The van der Waals surface area contributed by atoms with E-state index in [1.54, 1.807) is 11.8 Å². The molecular formula is C12H22N2O4. The molecule has 1 atom stereocenters. The van der Waals surface area contributed by atoms with Crippen LogP contribution in [0.15, 0.2) is 0 Å². The molecule has 0 aromatic carbocycles. The second kappa shape index (κ2) is 7.20. The van der Waals surface area contributed by atoms with Gasteiger partial charge in [-0.05, 0) is 26.2 Å². The molecule has 1 saturated heterocycles. The van der Waals surface area contributed by atoms with Gasteiger partial charge in [0.05, 0.1) is 6.10 Å². The van der Waals surface area contributed by atoms with E-state index in [0.29, 0.717) is 26.1 Å². The first-order valence-electron chi connectivity index (χ1n) is 6.48. The number of rotatable bonds is 5. The van der Waals surface area contributed by atoms with Crippen molar-refractivity contribution in [3.63, 3.8) is 0 Å². The summed E-state index contributed by atoms with van der Waals surface area (Å²) in [7, 11) is 0. The van der Waals surface area contributed by atoms with Crippen molar-refractivity contribution >= 4 is 12.0 Å². The van der Waals surface area contributed by atoms with Crippen molar-refractivity contribution in [2.24, 2.45) is 0 Å². The molecule has 6 heteroatoms. The summed E-state index contributed by atoms with van der Waals surface area (Å²) < 4.78 is 5.50. The highest BCUT2D eigenvalue weighted by molar-refractivity contribution is 5.82. The summed E-state index contributed by atoms with van der Waals surface area (Å²) in [6.07, 6.45) is 2.23. The third kappa shape index (κ3) is 4.18. The van der Waals surface area contributed by atoms with Crippen molar-refractivity contribution in [3.8, 4) is 0 Å². The average molecular weight is 258 g/mol. The SMILES string of the molecule is CCOC1CCN(C(=O)N[C@@H](CC)C(=O)O)CC1. The van der Waals surface area contributed by atoms with Crippen LogP contribution in [0.25, 0.3) is 0 Å². The van der Waals surface area contributed by atoms with Gasteiger partial charge in [0.1, 0.15) is 6.04 Å². The van der Waals surface area contributed by atoms with Gasteiger partial charge in [0.2, 0.25) is 0 Å². The molecule has 0 aromatic heterocycles. The molecule has 0 saturated carbocycles. The van der Waals surface area contributed by atoms with E-state index < -0.39 is 12.0 Å². The highest BCUT2D eigenvalue weighted by Gasteiger charge is 2.25. The lowest BCUT2D eigenvalue weighted by molar-refractivity contribution is -0.139. The molecule has 18 heavy (non-hydrogen) atoms. The Morgan fingerprint density at radius 1 is 1.39 bits per heavy atom. The predicted molar refractivity (Wildman–Crippen MR) is 66.5 cm³/mol. The molecule has 0 aliphatic carbocycles. The van der Waals surface area contributed by atoms with Gasteiger partial charge in [0.25, 0.3) is 0 Å². The van der Waals surface area contributed by atoms with E-state index in [0.717, 1.165) is 12.8 Å². The van der Waals surface area contributed by atoms with Crippen molar-refractivity contribution in [1.82, 2.24) is 10.2 Å². The van der Waals surface area contributed by atoms with E-state index in [9.17, 15) is 9.59 Å². The van der Waals surface area contributed by atoms with E-state index in [-0.39, 0.29) is 12.1 Å². The largest absolute Gasteiger partial charge is 0.480 e. The number of likely N-dealkylation sites (tertiary alicyclic amines) is 1. The number of hydrogen-bond donors (Lipinski definition) is 2. The van der Waals surface area contributed by atoms with Crippen molar-refractivity contribution < 1.29 is 19.4 Å². The summed E-state index contributed by atoms with van der Waals surface area (Å²) in [5.41, 5.74) is 0. The van der Waals surface area contributed by atoms with Gasteiger partial charge in [-0.1, -0.05) is 6.92 Å². The molecule has 0 bridgehead atoms. The molecule has 6 nitrogen and oxygen atoms in total. The quantitative estimate of drug-likeness (QED) is 0.773. The van der Waals surface area contributed by atoms with Crippen molar-refractivity contribution in [3.05, 3.63) is 0 Å². The Hall–Kier alpha value is -1.30. The number of nitrogens with zero attached hydrogens (tertiary/aromatic N) is 1. The fourth-order valence-electron chi connectivity index (χ4n) is 2.04. The van der Waals surface area contributed by atoms with Gasteiger partial charge >= 0.3 is 12.0 Å². The molecule has 1 aliphatic heterocycles. The second-order valence-corrected chi connectivity index (χ2v) is 4.39. The number of carbonyl (C=O) groups is 2. The Bertz CT molecular complexity index is 288. The molecule has 0 spiro atoms. The molecule has 0 aromatic rings. The number of aliphatic carboxylic acids is 1. The summed E-state index contributed by atoms with van der Waals surface area (Å²) in [5, 5.41) is 11.4. The van der Waals surface area contributed by atoms with E-state index in [1.165, 1.54) is 0 Å². The third-order valence-electron chi connectivity index (χ3n) is 3.14. The van der Waals surface area contributed by atoms with Crippen molar-refractivity contribution in [2.45, 2.75) is 45.3 Å². The summed E-state index contributed by atoms with van der Waals surface area (Å²) in [5.74, 6) is -0.991. The number of carbonyl (C=O) groups excluding carboxylic acids is 1. The minimum atomic E-state index is -0.991. The molecule has 0 radical (unpaired) electrons. The molecule has 2 N–H and O–H groups in total. The maximum atomic E-state index is 11.8. The van der Waals surface area contributed by atoms with Gasteiger partial charge in [0.15, 0.2) is 0 Å². The van der Waals surface area contributed by atoms with Crippen LogP contribution in [0.5, 0.6) is 0 Å². The number of carboxylic acid groups (broad SMARTS) is 1. The minimum Gasteiger partial charge on any atom is -0.480 e. The number of nitrogens with one attached hydrogen (secondary N) is 1. The van der Waals surface area contributed by atoms with E-state index in [4.69, 9.17) is 9.84 Å². The summed E-state index contributed by atoms with van der Waals surface area (Å²) in [4.78, 5) is 24.3. The number of hydrogen-bond acceptors (Lipinski definition) is 3. The Morgan fingerprint density at radius 3 is 2.44 bits per heavy atom. The zero-order valence-corrected chi connectivity index (χ0v) is 11.0. The number of piperidine rings is 1. The van der Waals surface area contributed by atoms with Crippen LogP contribution < -0.4 is 5.32 Å². The first-order chi connectivity index (χ1) is 8.58. The number of ether oxygens (including phenoxy) is 1. The van der Waals surface area contributed by atoms with Crippen LogP contribution >= 0.6 is 0 Å². The summed E-state index contributed by atoms with van der Waals surface area (Å²) >= 11 is 0. The second-order valence-electron chi connectivity index (χ2n) is 4.39. The van der Waals surface area contributed by atoms with Gasteiger partial charge < -0.3 is 20.1 Å². The molecule has 2 amide bonds. The smallest absolute Gasteiger partial charge is 0.326 e. The zero-order chi connectivity index (χ0) is 13.5. The fourth-order valence-corrected chi connectivity index (χ4v) is 2.04. The van der Waals surface area contributed by atoms with E-state index in [2.05, 4.69) is 5.32 Å². The van der Waals surface area contributed by atoms with E-state index in [1.807, 2.05) is 6.92 Å². The van der Waals surface area contributed by atoms with Gasteiger partial charge in [0, 0.05) is 19.7 Å². The molecule has 1 aliphatic rings. The van der Waals surface area contributed by atoms with Crippen LogP contribution in [0.1, 0.15) is 33.1 Å². The predicted octanol–water partition coefficient (Wildman–Crippen LogP) is 1.06. The van der Waals surface area contributed by atoms with Crippen molar-refractivity contribution in [1.29, 1.82) is 0 Å². The topological polar surface area (TPSA) is 78.9 Å². The molecule has 1 rings (SSSR count). The standard InChI is InChI=1S/C12H22N2O4/c1-3-10(11(15)16)13-12(17)14-7-5-9(6-8-14)18-4-2/h9-10H,3-8H2,1-2H3,(H,13,17)(H,15,16)/t10-/m0/s1. The Labute approximate surface area is 107 Å².